The van der Waals surface area contributed by atoms with E-state index in [0.717, 1.165) is 5.69 Å². The summed E-state index contributed by atoms with van der Waals surface area (Å²) in [4.78, 5) is 11.0. The van der Waals surface area contributed by atoms with Gasteiger partial charge in [0.15, 0.2) is 0 Å². The van der Waals surface area contributed by atoms with Crippen molar-refractivity contribution in [3.8, 4) is 6.07 Å². The molecule has 0 heterocycles. The van der Waals surface area contributed by atoms with Crippen molar-refractivity contribution in [2.24, 2.45) is 0 Å². The van der Waals surface area contributed by atoms with Gasteiger partial charge >= 0.3 is 0 Å². The standard InChI is InChI=1S/C16H14FN3O/c1-11(21)20-16-4-2-3-15(8-16)19-10-13-5-12(9-18)6-14(17)7-13/h2-8,19H,10H2,1H3,(H,20,21). The molecule has 0 bridgehead atoms. The molecule has 4 nitrogen and oxygen atoms in total. The Morgan fingerprint density at radius 3 is 2.71 bits per heavy atom. The van der Waals surface area contributed by atoms with Crippen molar-refractivity contribution in [1.29, 1.82) is 5.26 Å². The third-order valence-corrected chi connectivity index (χ3v) is 2.77. The summed E-state index contributed by atoms with van der Waals surface area (Å²) in [6, 6.07) is 13.3. The van der Waals surface area contributed by atoms with E-state index < -0.39 is 5.82 Å². The summed E-state index contributed by atoms with van der Waals surface area (Å²) in [5.41, 5.74) is 2.45. The first-order valence-corrected chi connectivity index (χ1v) is 6.38. The van der Waals surface area contributed by atoms with E-state index in [1.54, 1.807) is 24.3 Å². The number of carbonyl (C=O) groups excluding carboxylic acids is 1. The molecule has 2 rings (SSSR count). The van der Waals surface area contributed by atoms with E-state index >= 15 is 0 Å². The summed E-state index contributed by atoms with van der Waals surface area (Å²) in [5.74, 6) is -0.575. The van der Waals surface area contributed by atoms with Crippen LogP contribution in [0.25, 0.3) is 0 Å². The quantitative estimate of drug-likeness (QED) is 0.905. The Bertz CT molecular complexity index is 707. The van der Waals surface area contributed by atoms with Crippen LogP contribution in [0.15, 0.2) is 42.5 Å². The van der Waals surface area contributed by atoms with Gasteiger partial charge in [-0.1, -0.05) is 6.07 Å². The number of anilines is 2. The number of benzene rings is 2. The predicted molar refractivity (Wildman–Crippen MR) is 79.2 cm³/mol. The zero-order chi connectivity index (χ0) is 15.2. The van der Waals surface area contributed by atoms with Gasteiger partial charge in [0, 0.05) is 24.8 Å². The average molecular weight is 283 g/mol. The van der Waals surface area contributed by atoms with Gasteiger partial charge in [0.05, 0.1) is 11.6 Å². The lowest BCUT2D eigenvalue weighted by atomic mass is 10.1. The number of rotatable bonds is 4. The fourth-order valence-electron chi connectivity index (χ4n) is 1.93. The van der Waals surface area contributed by atoms with Gasteiger partial charge in [0.25, 0.3) is 0 Å². The van der Waals surface area contributed by atoms with Gasteiger partial charge < -0.3 is 10.6 Å². The van der Waals surface area contributed by atoms with Crippen molar-refractivity contribution in [2.45, 2.75) is 13.5 Å². The minimum Gasteiger partial charge on any atom is -0.381 e. The van der Waals surface area contributed by atoms with E-state index in [0.29, 0.717) is 23.4 Å². The van der Waals surface area contributed by atoms with Gasteiger partial charge in [0.1, 0.15) is 5.82 Å². The van der Waals surface area contributed by atoms with Gasteiger partial charge in [0.2, 0.25) is 5.91 Å². The topological polar surface area (TPSA) is 64.9 Å². The lowest BCUT2D eigenvalue weighted by Crippen LogP contribution is -2.06. The molecular formula is C16H14FN3O. The second-order valence-corrected chi connectivity index (χ2v) is 4.58. The van der Waals surface area contributed by atoms with Crippen molar-refractivity contribution in [1.82, 2.24) is 0 Å². The van der Waals surface area contributed by atoms with Crippen molar-refractivity contribution < 1.29 is 9.18 Å². The number of hydrogen-bond donors (Lipinski definition) is 2. The molecular weight excluding hydrogens is 269 g/mol. The molecule has 21 heavy (non-hydrogen) atoms. The molecule has 5 heteroatoms. The summed E-state index contributed by atoms with van der Waals surface area (Å²) in [6.45, 7) is 1.83. The highest BCUT2D eigenvalue weighted by molar-refractivity contribution is 5.89. The van der Waals surface area contributed by atoms with Gasteiger partial charge in [-0.05, 0) is 42.0 Å². The molecule has 0 spiro atoms. The number of halogens is 1. The molecule has 0 aromatic heterocycles. The highest BCUT2D eigenvalue weighted by Gasteiger charge is 2.02. The van der Waals surface area contributed by atoms with E-state index in [4.69, 9.17) is 5.26 Å². The summed E-state index contributed by atoms with van der Waals surface area (Å²) < 4.78 is 13.3. The van der Waals surface area contributed by atoms with Crippen LogP contribution < -0.4 is 10.6 Å². The Kier molecular flexibility index (Phi) is 4.52. The van der Waals surface area contributed by atoms with E-state index in [1.165, 1.54) is 19.1 Å². The van der Waals surface area contributed by atoms with Crippen molar-refractivity contribution >= 4 is 17.3 Å². The Morgan fingerprint density at radius 2 is 2.00 bits per heavy atom. The molecule has 2 aromatic rings. The molecule has 0 saturated heterocycles. The molecule has 0 aliphatic rings. The van der Waals surface area contributed by atoms with E-state index in [1.807, 2.05) is 12.1 Å². The molecule has 0 unspecified atom stereocenters. The van der Waals surface area contributed by atoms with Crippen LogP contribution in [-0.2, 0) is 11.3 Å². The number of nitriles is 1. The summed E-state index contributed by atoms with van der Waals surface area (Å²) in [5, 5.41) is 14.6. The van der Waals surface area contributed by atoms with Crippen LogP contribution in [0, 0.1) is 17.1 Å². The third kappa shape index (κ3) is 4.32. The molecule has 0 aliphatic heterocycles. The van der Waals surface area contributed by atoms with E-state index in [9.17, 15) is 9.18 Å². The largest absolute Gasteiger partial charge is 0.381 e. The van der Waals surface area contributed by atoms with Crippen LogP contribution in [0.2, 0.25) is 0 Å². The summed E-state index contributed by atoms with van der Waals surface area (Å²) >= 11 is 0. The molecule has 0 aliphatic carbocycles. The van der Waals surface area contributed by atoms with Crippen LogP contribution in [0.1, 0.15) is 18.1 Å². The predicted octanol–water partition coefficient (Wildman–Crippen LogP) is 3.27. The first-order valence-electron chi connectivity index (χ1n) is 6.38. The zero-order valence-electron chi connectivity index (χ0n) is 11.5. The lowest BCUT2D eigenvalue weighted by Gasteiger charge is -2.09. The normalized spacial score (nSPS) is 9.76. The number of amides is 1. The van der Waals surface area contributed by atoms with Crippen LogP contribution in [0.3, 0.4) is 0 Å². The van der Waals surface area contributed by atoms with Gasteiger partial charge in [-0.2, -0.15) is 5.26 Å². The molecule has 0 atom stereocenters. The van der Waals surface area contributed by atoms with Crippen molar-refractivity contribution in [3.05, 3.63) is 59.4 Å². The first-order chi connectivity index (χ1) is 10.1. The second kappa shape index (κ2) is 6.53. The highest BCUT2D eigenvalue weighted by Crippen LogP contribution is 2.17. The summed E-state index contributed by atoms with van der Waals surface area (Å²) in [7, 11) is 0. The molecule has 1 amide bonds. The van der Waals surface area contributed by atoms with Crippen molar-refractivity contribution in [3.63, 3.8) is 0 Å². The van der Waals surface area contributed by atoms with Crippen LogP contribution in [0.4, 0.5) is 15.8 Å². The molecule has 2 aromatic carbocycles. The number of nitrogens with zero attached hydrogens (tertiary/aromatic N) is 1. The van der Waals surface area contributed by atoms with Crippen LogP contribution in [-0.4, -0.2) is 5.91 Å². The first kappa shape index (κ1) is 14.5. The molecule has 2 N–H and O–H groups in total. The van der Waals surface area contributed by atoms with Crippen LogP contribution >= 0.6 is 0 Å². The monoisotopic (exact) mass is 283 g/mol. The third-order valence-electron chi connectivity index (χ3n) is 2.77. The maximum absolute atomic E-state index is 13.3. The minimum atomic E-state index is -0.433. The van der Waals surface area contributed by atoms with E-state index in [-0.39, 0.29) is 5.91 Å². The minimum absolute atomic E-state index is 0.143. The molecule has 0 fully saturated rings. The SMILES string of the molecule is CC(=O)Nc1cccc(NCc2cc(F)cc(C#N)c2)c1. The van der Waals surface area contributed by atoms with Crippen molar-refractivity contribution in [2.75, 3.05) is 10.6 Å². The Hall–Kier alpha value is -2.87. The number of hydrogen-bond acceptors (Lipinski definition) is 3. The van der Waals surface area contributed by atoms with Gasteiger partial charge in [-0.3, -0.25) is 4.79 Å². The molecule has 0 radical (unpaired) electrons. The Balaban J connectivity index is 2.08. The second-order valence-electron chi connectivity index (χ2n) is 4.58. The number of carbonyl (C=O) groups is 1. The smallest absolute Gasteiger partial charge is 0.221 e. The fourth-order valence-corrected chi connectivity index (χ4v) is 1.93. The number of nitrogens with one attached hydrogen (secondary N) is 2. The van der Waals surface area contributed by atoms with E-state index in [2.05, 4.69) is 10.6 Å². The lowest BCUT2D eigenvalue weighted by molar-refractivity contribution is -0.114. The highest BCUT2D eigenvalue weighted by atomic mass is 19.1. The Morgan fingerprint density at radius 1 is 1.24 bits per heavy atom. The maximum atomic E-state index is 13.3. The summed E-state index contributed by atoms with van der Waals surface area (Å²) in [6.07, 6.45) is 0. The fraction of sp³-hybridized carbons (Fsp3) is 0.125. The zero-order valence-corrected chi connectivity index (χ0v) is 11.5. The molecule has 106 valence electrons. The van der Waals surface area contributed by atoms with Gasteiger partial charge in [-0.15, -0.1) is 0 Å². The van der Waals surface area contributed by atoms with Crippen LogP contribution in [0.5, 0.6) is 0 Å². The maximum Gasteiger partial charge on any atom is 0.221 e. The molecule has 0 saturated carbocycles. The van der Waals surface area contributed by atoms with Gasteiger partial charge in [-0.25, -0.2) is 4.39 Å². The Labute approximate surface area is 122 Å². The average Bonchev–Trinajstić information content (AvgIpc) is 2.44.